The van der Waals surface area contributed by atoms with Crippen molar-refractivity contribution in [1.82, 2.24) is 20.5 Å². The fourth-order valence-electron chi connectivity index (χ4n) is 2.38. The standard InChI is InChI=1S/C18H20N4OS2/c1-13(9-10-14-6-3-2-4-7-14)19-16(23)12-25-18-20-17(21-22-18)15-8-5-11-24-15/h2-8,11,13H,9-10,12H2,1H3,(H,19,23)(H,20,21,22)/t13-/m0/s1. The number of hydrogen-bond donors (Lipinski definition) is 2. The van der Waals surface area contributed by atoms with Crippen molar-refractivity contribution in [3.8, 4) is 10.7 Å². The Kier molecular flexibility index (Phi) is 6.25. The molecule has 0 bridgehead atoms. The second-order valence-electron chi connectivity index (χ2n) is 5.73. The van der Waals surface area contributed by atoms with Gasteiger partial charge in [0.15, 0.2) is 5.82 Å². The molecule has 0 spiro atoms. The Morgan fingerprint density at radius 3 is 2.88 bits per heavy atom. The second-order valence-corrected chi connectivity index (χ2v) is 7.62. The maximum absolute atomic E-state index is 12.1. The summed E-state index contributed by atoms with van der Waals surface area (Å²) in [6.07, 6.45) is 1.88. The normalized spacial score (nSPS) is 12.0. The van der Waals surface area contributed by atoms with Gasteiger partial charge in [-0.25, -0.2) is 4.98 Å². The molecule has 0 unspecified atom stereocenters. The van der Waals surface area contributed by atoms with E-state index in [1.54, 1.807) is 11.3 Å². The third-order valence-corrected chi connectivity index (χ3v) is 5.39. The number of benzene rings is 1. The monoisotopic (exact) mass is 372 g/mol. The minimum Gasteiger partial charge on any atom is -0.353 e. The van der Waals surface area contributed by atoms with Crippen LogP contribution in [0.2, 0.25) is 0 Å². The Hall–Kier alpha value is -2.12. The van der Waals surface area contributed by atoms with E-state index in [9.17, 15) is 4.79 Å². The summed E-state index contributed by atoms with van der Waals surface area (Å²) in [7, 11) is 0. The summed E-state index contributed by atoms with van der Waals surface area (Å²) in [4.78, 5) is 17.5. The fraction of sp³-hybridized carbons (Fsp3) is 0.278. The lowest BCUT2D eigenvalue weighted by atomic mass is 10.1. The number of aryl methyl sites for hydroxylation is 1. The van der Waals surface area contributed by atoms with E-state index in [0.29, 0.717) is 10.9 Å². The van der Waals surface area contributed by atoms with Gasteiger partial charge in [0.2, 0.25) is 11.1 Å². The van der Waals surface area contributed by atoms with Gasteiger partial charge in [-0.3, -0.25) is 9.89 Å². The molecule has 5 nitrogen and oxygen atoms in total. The Morgan fingerprint density at radius 1 is 1.28 bits per heavy atom. The maximum atomic E-state index is 12.1. The van der Waals surface area contributed by atoms with Crippen molar-refractivity contribution in [2.45, 2.75) is 31.0 Å². The van der Waals surface area contributed by atoms with Crippen molar-refractivity contribution in [2.75, 3.05) is 5.75 Å². The van der Waals surface area contributed by atoms with E-state index >= 15 is 0 Å². The predicted molar refractivity (Wildman–Crippen MR) is 103 cm³/mol. The highest BCUT2D eigenvalue weighted by atomic mass is 32.2. The number of rotatable bonds is 8. The van der Waals surface area contributed by atoms with Gasteiger partial charge in [-0.1, -0.05) is 48.2 Å². The molecule has 1 amide bonds. The van der Waals surface area contributed by atoms with Crippen LogP contribution in [0.25, 0.3) is 10.7 Å². The van der Waals surface area contributed by atoms with Crippen LogP contribution in [0.5, 0.6) is 0 Å². The third kappa shape index (κ3) is 5.44. The lowest BCUT2D eigenvalue weighted by Gasteiger charge is -2.13. The van der Waals surface area contributed by atoms with Gasteiger partial charge in [0, 0.05) is 6.04 Å². The molecule has 0 fully saturated rings. The number of hydrogen-bond acceptors (Lipinski definition) is 5. The number of amides is 1. The van der Waals surface area contributed by atoms with Crippen LogP contribution in [0.4, 0.5) is 0 Å². The smallest absolute Gasteiger partial charge is 0.230 e. The van der Waals surface area contributed by atoms with E-state index in [1.165, 1.54) is 17.3 Å². The van der Waals surface area contributed by atoms with Gasteiger partial charge >= 0.3 is 0 Å². The first-order valence-corrected chi connectivity index (χ1v) is 9.99. The van der Waals surface area contributed by atoms with E-state index in [1.807, 2.05) is 42.6 Å². The molecule has 1 atom stereocenters. The largest absolute Gasteiger partial charge is 0.353 e. The maximum Gasteiger partial charge on any atom is 0.230 e. The minimum atomic E-state index is 0.00744. The summed E-state index contributed by atoms with van der Waals surface area (Å²) in [5.41, 5.74) is 1.29. The minimum absolute atomic E-state index is 0.00744. The Bertz CT molecular complexity index is 787. The van der Waals surface area contributed by atoms with Gasteiger partial charge in [0.05, 0.1) is 10.6 Å². The zero-order chi connectivity index (χ0) is 17.5. The molecule has 1 aromatic carbocycles. The predicted octanol–water partition coefficient (Wildman–Crippen LogP) is 3.76. The van der Waals surface area contributed by atoms with Crippen LogP contribution in [-0.4, -0.2) is 32.9 Å². The number of thiophene rings is 1. The molecule has 0 saturated heterocycles. The van der Waals surface area contributed by atoms with E-state index < -0.39 is 0 Å². The number of thioether (sulfide) groups is 1. The molecule has 2 N–H and O–H groups in total. The average molecular weight is 373 g/mol. The van der Waals surface area contributed by atoms with Gasteiger partial charge in [-0.05, 0) is 36.8 Å². The van der Waals surface area contributed by atoms with E-state index in [-0.39, 0.29) is 11.9 Å². The summed E-state index contributed by atoms with van der Waals surface area (Å²) in [6.45, 7) is 2.03. The SMILES string of the molecule is C[C@@H](CCc1ccccc1)NC(=O)CSc1n[nH]c(-c2cccs2)n1. The topological polar surface area (TPSA) is 70.7 Å². The molecular weight excluding hydrogens is 352 g/mol. The number of carbonyl (C=O) groups is 1. The van der Waals surface area contributed by atoms with Gasteiger partial charge < -0.3 is 5.32 Å². The number of H-pyrrole nitrogens is 1. The molecule has 3 rings (SSSR count). The summed E-state index contributed by atoms with van der Waals surface area (Å²) < 4.78 is 0. The summed E-state index contributed by atoms with van der Waals surface area (Å²) in [5.74, 6) is 1.07. The molecule has 2 heterocycles. The fourth-order valence-corrected chi connectivity index (χ4v) is 3.65. The first-order chi connectivity index (χ1) is 12.2. The summed E-state index contributed by atoms with van der Waals surface area (Å²) in [5, 5.41) is 12.7. The zero-order valence-electron chi connectivity index (χ0n) is 13.9. The molecule has 0 aliphatic carbocycles. The van der Waals surface area contributed by atoms with Crippen LogP contribution in [0, 0.1) is 0 Å². The van der Waals surface area contributed by atoms with Crippen molar-refractivity contribution in [1.29, 1.82) is 0 Å². The van der Waals surface area contributed by atoms with E-state index in [0.717, 1.165) is 23.5 Å². The number of aromatic amines is 1. The first kappa shape index (κ1) is 17.7. The quantitative estimate of drug-likeness (QED) is 0.591. The van der Waals surface area contributed by atoms with Crippen LogP contribution in [0.1, 0.15) is 18.9 Å². The molecule has 0 aliphatic heterocycles. The molecule has 25 heavy (non-hydrogen) atoms. The van der Waals surface area contributed by atoms with Gasteiger partial charge in [0.25, 0.3) is 0 Å². The molecule has 130 valence electrons. The highest BCUT2D eigenvalue weighted by molar-refractivity contribution is 7.99. The lowest BCUT2D eigenvalue weighted by Crippen LogP contribution is -2.34. The number of nitrogens with zero attached hydrogens (tertiary/aromatic N) is 2. The Labute approximate surface area is 155 Å². The van der Waals surface area contributed by atoms with Crippen molar-refractivity contribution >= 4 is 29.0 Å². The number of aromatic nitrogens is 3. The molecule has 0 aliphatic rings. The molecule has 2 aromatic heterocycles. The van der Waals surface area contributed by atoms with Crippen molar-refractivity contribution in [3.63, 3.8) is 0 Å². The molecule has 3 aromatic rings. The van der Waals surface area contributed by atoms with Crippen molar-refractivity contribution < 1.29 is 4.79 Å². The molecular formula is C18H20N4OS2. The van der Waals surface area contributed by atoms with Crippen molar-refractivity contribution in [3.05, 3.63) is 53.4 Å². The summed E-state index contributed by atoms with van der Waals surface area (Å²) in [6, 6.07) is 14.4. The Morgan fingerprint density at radius 2 is 2.12 bits per heavy atom. The van der Waals surface area contributed by atoms with Crippen LogP contribution < -0.4 is 5.32 Å². The molecule has 0 saturated carbocycles. The third-order valence-electron chi connectivity index (χ3n) is 3.67. The number of carbonyl (C=O) groups excluding carboxylic acids is 1. The molecule has 7 heteroatoms. The highest BCUT2D eigenvalue weighted by Gasteiger charge is 2.11. The van der Waals surface area contributed by atoms with E-state index in [4.69, 9.17) is 0 Å². The summed E-state index contributed by atoms with van der Waals surface area (Å²) >= 11 is 2.95. The lowest BCUT2D eigenvalue weighted by molar-refractivity contribution is -0.119. The van der Waals surface area contributed by atoms with Gasteiger partial charge in [-0.2, -0.15) is 0 Å². The van der Waals surface area contributed by atoms with Crippen LogP contribution in [0.3, 0.4) is 0 Å². The highest BCUT2D eigenvalue weighted by Crippen LogP contribution is 2.23. The van der Waals surface area contributed by atoms with Crippen LogP contribution in [-0.2, 0) is 11.2 Å². The average Bonchev–Trinajstić information content (AvgIpc) is 3.30. The van der Waals surface area contributed by atoms with E-state index in [2.05, 4.69) is 32.6 Å². The second kappa shape index (κ2) is 8.82. The number of nitrogens with one attached hydrogen (secondary N) is 2. The van der Waals surface area contributed by atoms with Crippen LogP contribution in [0.15, 0.2) is 53.0 Å². The van der Waals surface area contributed by atoms with Gasteiger partial charge in [0.1, 0.15) is 0 Å². The molecule has 0 radical (unpaired) electrons. The zero-order valence-corrected chi connectivity index (χ0v) is 15.6. The Balaban J connectivity index is 1.40. The van der Waals surface area contributed by atoms with Gasteiger partial charge in [-0.15, -0.1) is 16.4 Å². The first-order valence-electron chi connectivity index (χ1n) is 8.13. The van der Waals surface area contributed by atoms with Crippen molar-refractivity contribution in [2.24, 2.45) is 0 Å². The van der Waals surface area contributed by atoms with Crippen LogP contribution >= 0.6 is 23.1 Å².